The lowest BCUT2D eigenvalue weighted by molar-refractivity contribution is 0.104. The summed E-state index contributed by atoms with van der Waals surface area (Å²) in [5.41, 5.74) is 2.23. The Bertz CT molecular complexity index is 820. The highest BCUT2D eigenvalue weighted by Crippen LogP contribution is 2.27. The van der Waals surface area contributed by atoms with Gasteiger partial charge in [-0.05, 0) is 24.3 Å². The minimum atomic E-state index is -0.0552. The van der Waals surface area contributed by atoms with E-state index in [9.17, 15) is 4.79 Å². The summed E-state index contributed by atoms with van der Waals surface area (Å²) in [5.74, 6) is -0.0552. The third-order valence-electron chi connectivity index (χ3n) is 3.32. The molecule has 0 spiro atoms. The Morgan fingerprint density at radius 1 is 1.05 bits per heavy atom. The Labute approximate surface area is 126 Å². The molecule has 0 saturated heterocycles. The first-order valence-electron chi connectivity index (χ1n) is 6.12. The fraction of sp³-hybridized carbons (Fsp3) is 0.0625. The van der Waals surface area contributed by atoms with Gasteiger partial charge in [0.25, 0.3) is 0 Å². The zero-order chi connectivity index (χ0) is 14.3. The molecule has 0 N–H and O–H groups in total. The van der Waals surface area contributed by atoms with Crippen molar-refractivity contribution in [1.29, 1.82) is 0 Å². The Hall–Kier alpha value is -1.77. The maximum Gasteiger partial charge on any atom is 0.195 e. The largest absolute Gasteiger partial charge is 0.350 e. The third kappa shape index (κ3) is 2.11. The molecule has 0 aliphatic rings. The number of hydrogen-bond donors (Lipinski definition) is 0. The summed E-state index contributed by atoms with van der Waals surface area (Å²) in [6.07, 6.45) is 1.84. The van der Waals surface area contributed by atoms with Gasteiger partial charge in [0.15, 0.2) is 5.78 Å². The molecule has 3 aromatic rings. The highest BCUT2D eigenvalue weighted by atomic mass is 35.5. The second kappa shape index (κ2) is 4.97. The number of hydrogen-bond acceptors (Lipinski definition) is 1. The van der Waals surface area contributed by atoms with Gasteiger partial charge in [0.2, 0.25) is 0 Å². The van der Waals surface area contributed by atoms with Gasteiger partial charge in [-0.2, -0.15) is 0 Å². The van der Waals surface area contributed by atoms with Gasteiger partial charge >= 0.3 is 0 Å². The maximum absolute atomic E-state index is 12.6. The van der Waals surface area contributed by atoms with Gasteiger partial charge in [0.05, 0.1) is 10.0 Å². The fourth-order valence-corrected chi connectivity index (χ4v) is 2.61. The molecular formula is C16H11Cl2NO. The summed E-state index contributed by atoms with van der Waals surface area (Å²) < 4.78 is 1.94. The van der Waals surface area contributed by atoms with E-state index in [0.29, 0.717) is 21.2 Å². The summed E-state index contributed by atoms with van der Waals surface area (Å²) >= 11 is 11.9. The van der Waals surface area contributed by atoms with E-state index in [-0.39, 0.29) is 5.78 Å². The summed E-state index contributed by atoms with van der Waals surface area (Å²) in [4.78, 5) is 12.6. The number of aryl methyl sites for hydroxylation is 1. The van der Waals surface area contributed by atoms with Crippen molar-refractivity contribution in [2.24, 2.45) is 7.05 Å². The molecule has 0 aliphatic heterocycles. The van der Waals surface area contributed by atoms with Crippen LogP contribution in [-0.4, -0.2) is 10.4 Å². The first-order chi connectivity index (χ1) is 9.58. The minimum absolute atomic E-state index is 0.0552. The van der Waals surface area contributed by atoms with Gasteiger partial charge in [0, 0.05) is 35.3 Å². The molecule has 1 aromatic heterocycles. The number of halogens is 2. The van der Waals surface area contributed by atoms with Crippen molar-refractivity contribution in [2.45, 2.75) is 0 Å². The van der Waals surface area contributed by atoms with E-state index in [2.05, 4.69) is 0 Å². The predicted octanol–water partition coefficient (Wildman–Crippen LogP) is 4.72. The number of ketones is 1. The predicted molar refractivity (Wildman–Crippen MR) is 82.8 cm³/mol. The number of fused-ring (bicyclic) bond motifs is 1. The number of benzene rings is 2. The zero-order valence-electron chi connectivity index (χ0n) is 10.7. The summed E-state index contributed by atoms with van der Waals surface area (Å²) in [6, 6.07) is 12.7. The van der Waals surface area contributed by atoms with Gasteiger partial charge in [-0.15, -0.1) is 0 Å². The molecule has 3 rings (SSSR count). The van der Waals surface area contributed by atoms with Gasteiger partial charge in [-0.3, -0.25) is 4.79 Å². The first kappa shape index (κ1) is 13.2. The highest BCUT2D eigenvalue weighted by molar-refractivity contribution is 6.42. The van der Waals surface area contributed by atoms with Crippen LogP contribution in [-0.2, 0) is 7.05 Å². The van der Waals surface area contributed by atoms with E-state index in [1.54, 1.807) is 18.2 Å². The average molecular weight is 304 g/mol. The van der Waals surface area contributed by atoms with Crippen molar-refractivity contribution >= 4 is 39.9 Å². The molecule has 0 amide bonds. The molecule has 20 heavy (non-hydrogen) atoms. The van der Waals surface area contributed by atoms with Crippen molar-refractivity contribution in [1.82, 2.24) is 4.57 Å². The topological polar surface area (TPSA) is 22.0 Å². The van der Waals surface area contributed by atoms with Crippen LogP contribution in [0.5, 0.6) is 0 Å². The molecule has 2 nitrogen and oxygen atoms in total. The van der Waals surface area contributed by atoms with Crippen molar-refractivity contribution < 1.29 is 4.79 Å². The van der Waals surface area contributed by atoms with E-state index in [1.807, 2.05) is 42.1 Å². The lowest BCUT2D eigenvalue weighted by Crippen LogP contribution is -2.00. The molecule has 0 bridgehead atoms. The van der Waals surface area contributed by atoms with Crippen LogP contribution in [0.15, 0.2) is 48.7 Å². The number of carbonyl (C=O) groups is 1. The quantitative estimate of drug-likeness (QED) is 0.628. The third-order valence-corrected chi connectivity index (χ3v) is 4.06. The normalized spacial score (nSPS) is 10.9. The summed E-state index contributed by atoms with van der Waals surface area (Å²) in [6.45, 7) is 0. The second-order valence-corrected chi connectivity index (χ2v) is 5.44. The molecular weight excluding hydrogens is 293 g/mol. The van der Waals surface area contributed by atoms with Crippen LogP contribution >= 0.6 is 23.2 Å². The monoisotopic (exact) mass is 303 g/mol. The Balaban J connectivity index is 2.15. The van der Waals surface area contributed by atoms with Crippen molar-refractivity contribution in [3.8, 4) is 0 Å². The summed E-state index contributed by atoms with van der Waals surface area (Å²) in [7, 11) is 1.92. The number of rotatable bonds is 2. The highest BCUT2D eigenvalue weighted by Gasteiger charge is 2.16. The van der Waals surface area contributed by atoms with Crippen LogP contribution in [0.4, 0.5) is 0 Å². The molecule has 2 aromatic carbocycles. The molecule has 0 aliphatic carbocycles. The van der Waals surface area contributed by atoms with Crippen molar-refractivity contribution in [3.63, 3.8) is 0 Å². The molecule has 0 radical (unpaired) electrons. The van der Waals surface area contributed by atoms with E-state index in [1.165, 1.54) is 0 Å². The van der Waals surface area contributed by atoms with E-state index < -0.39 is 0 Å². The molecule has 100 valence electrons. The number of nitrogens with zero attached hydrogens (tertiary/aromatic N) is 1. The van der Waals surface area contributed by atoms with Gasteiger partial charge < -0.3 is 4.57 Å². The van der Waals surface area contributed by atoms with E-state index in [4.69, 9.17) is 23.2 Å². The van der Waals surface area contributed by atoms with Crippen LogP contribution < -0.4 is 0 Å². The van der Waals surface area contributed by atoms with Gasteiger partial charge in [-0.25, -0.2) is 0 Å². The van der Waals surface area contributed by atoms with Crippen LogP contribution in [0.25, 0.3) is 10.9 Å². The number of para-hydroxylation sites is 1. The first-order valence-corrected chi connectivity index (χ1v) is 6.87. The molecule has 0 unspecified atom stereocenters. The van der Waals surface area contributed by atoms with Gasteiger partial charge in [-0.1, -0.05) is 41.4 Å². The second-order valence-electron chi connectivity index (χ2n) is 4.63. The van der Waals surface area contributed by atoms with Gasteiger partial charge in [0.1, 0.15) is 0 Å². The van der Waals surface area contributed by atoms with E-state index >= 15 is 0 Å². The lowest BCUT2D eigenvalue weighted by atomic mass is 10.0. The van der Waals surface area contributed by atoms with Crippen molar-refractivity contribution in [2.75, 3.05) is 0 Å². The summed E-state index contributed by atoms with van der Waals surface area (Å²) in [5, 5.41) is 1.77. The average Bonchev–Trinajstić information content (AvgIpc) is 2.79. The van der Waals surface area contributed by atoms with Crippen LogP contribution in [0, 0.1) is 0 Å². The Morgan fingerprint density at radius 2 is 1.80 bits per heavy atom. The smallest absolute Gasteiger partial charge is 0.195 e. The van der Waals surface area contributed by atoms with E-state index in [0.717, 1.165) is 10.9 Å². The zero-order valence-corrected chi connectivity index (χ0v) is 12.2. The minimum Gasteiger partial charge on any atom is -0.350 e. The van der Waals surface area contributed by atoms with Crippen LogP contribution in [0.3, 0.4) is 0 Å². The molecule has 4 heteroatoms. The molecule has 0 atom stereocenters. The molecule has 0 saturated carbocycles. The van der Waals surface area contributed by atoms with Crippen LogP contribution in [0.2, 0.25) is 10.0 Å². The fourth-order valence-electron chi connectivity index (χ4n) is 2.32. The standard InChI is InChI=1S/C16H11Cl2NO/c1-19-9-12(11-4-2-3-5-15(11)19)16(20)10-6-7-13(17)14(18)8-10/h2-9H,1H3. The number of carbonyl (C=O) groups excluding carboxylic acids is 1. The maximum atomic E-state index is 12.6. The number of aromatic nitrogens is 1. The lowest BCUT2D eigenvalue weighted by Gasteiger charge is -2.02. The Kier molecular flexibility index (Phi) is 3.28. The molecule has 0 fully saturated rings. The van der Waals surface area contributed by atoms with Crippen molar-refractivity contribution in [3.05, 3.63) is 69.8 Å². The molecule has 1 heterocycles. The SMILES string of the molecule is Cn1cc(C(=O)c2ccc(Cl)c(Cl)c2)c2ccccc21. The Morgan fingerprint density at radius 3 is 2.55 bits per heavy atom. The van der Waals surface area contributed by atoms with Crippen LogP contribution in [0.1, 0.15) is 15.9 Å².